The van der Waals surface area contributed by atoms with E-state index in [1.807, 2.05) is 24.3 Å². The maximum atomic E-state index is 12.5. The highest BCUT2D eigenvalue weighted by atomic mass is 16.5. The van der Waals surface area contributed by atoms with Crippen molar-refractivity contribution in [2.24, 2.45) is 11.8 Å². The fourth-order valence-electron chi connectivity index (χ4n) is 5.12. The van der Waals surface area contributed by atoms with Crippen molar-refractivity contribution in [1.82, 2.24) is 9.88 Å². The Morgan fingerprint density at radius 2 is 2.06 bits per heavy atom. The number of benzene rings is 2. The summed E-state index contributed by atoms with van der Waals surface area (Å²) in [6.07, 6.45) is 5.30. The predicted molar refractivity (Wildman–Crippen MR) is 120 cm³/mol. The molecule has 5 heteroatoms. The summed E-state index contributed by atoms with van der Waals surface area (Å²) in [7, 11) is 0. The van der Waals surface area contributed by atoms with Crippen LogP contribution in [0.15, 0.2) is 73.4 Å². The Morgan fingerprint density at radius 3 is 2.81 bits per heavy atom. The third kappa shape index (κ3) is 3.75. The Bertz CT molecular complexity index is 1110. The number of pyridine rings is 1. The lowest BCUT2D eigenvalue weighted by Gasteiger charge is -2.50. The largest absolute Gasteiger partial charge is 0.423 e. The third-order valence-electron chi connectivity index (χ3n) is 6.80. The highest BCUT2D eigenvalue weighted by Gasteiger charge is 2.42. The molecule has 0 saturated carbocycles. The van der Waals surface area contributed by atoms with E-state index < -0.39 is 12.1 Å². The molecule has 1 N–H and O–H groups in total. The minimum atomic E-state index is -0.626. The molecule has 3 aliphatic rings. The molecule has 6 rings (SSSR count). The molecule has 0 aliphatic carbocycles. The number of fused-ring (bicyclic) bond motifs is 4. The lowest BCUT2D eigenvalue weighted by molar-refractivity contribution is -0.0444. The molecule has 3 saturated heterocycles. The molecule has 3 fully saturated rings. The Morgan fingerprint density at radius 1 is 1.23 bits per heavy atom. The summed E-state index contributed by atoms with van der Waals surface area (Å²) in [4.78, 5) is 19.3. The number of aliphatic hydroxyl groups is 1. The first kappa shape index (κ1) is 19.9. The van der Waals surface area contributed by atoms with Gasteiger partial charge in [-0.05, 0) is 73.2 Å². The molecule has 2 bridgehead atoms. The van der Waals surface area contributed by atoms with Crippen LogP contribution in [0, 0.1) is 11.8 Å². The summed E-state index contributed by atoms with van der Waals surface area (Å²) in [5, 5.41) is 12.2. The van der Waals surface area contributed by atoms with Crippen molar-refractivity contribution < 1.29 is 14.6 Å². The van der Waals surface area contributed by atoms with Crippen molar-refractivity contribution in [1.29, 1.82) is 0 Å². The molecule has 1 aromatic heterocycles. The van der Waals surface area contributed by atoms with Gasteiger partial charge in [0.15, 0.2) is 0 Å². The van der Waals surface area contributed by atoms with Gasteiger partial charge in [-0.25, -0.2) is 4.79 Å². The smallest absolute Gasteiger partial charge is 0.343 e. The topological polar surface area (TPSA) is 62.7 Å². The van der Waals surface area contributed by atoms with Crippen LogP contribution in [0.5, 0.6) is 5.75 Å². The summed E-state index contributed by atoms with van der Waals surface area (Å²) in [5.41, 5.74) is 2.10. The van der Waals surface area contributed by atoms with Gasteiger partial charge in [0.1, 0.15) is 5.75 Å². The van der Waals surface area contributed by atoms with E-state index in [0.717, 1.165) is 42.4 Å². The molecule has 0 spiro atoms. The number of hydrogen-bond donors (Lipinski definition) is 1. The van der Waals surface area contributed by atoms with Crippen molar-refractivity contribution in [3.63, 3.8) is 0 Å². The molecular weight excluding hydrogens is 388 g/mol. The van der Waals surface area contributed by atoms with E-state index in [-0.39, 0.29) is 6.04 Å². The standard InChI is InChI=1S/C26H26N2O3/c1-2-17-16-28-13-11-19(17)14-24(28)25(29)21-10-12-27-23-9-8-20(15-22(21)23)31-26(30)18-6-4-3-5-7-18/h2-10,12,15,17,19,24-25,29H,1,11,13-14,16H2/t17-,19-,24+,25-/m0/s1. The van der Waals surface area contributed by atoms with Gasteiger partial charge in [-0.1, -0.05) is 24.3 Å². The van der Waals surface area contributed by atoms with Crippen LogP contribution in [-0.4, -0.2) is 40.1 Å². The van der Waals surface area contributed by atoms with E-state index >= 15 is 0 Å². The Labute approximate surface area is 182 Å². The normalized spacial score (nSPS) is 25.8. The molecule has 3 aliphatic heterocycles. The van der Waals surface area contributed by atoms with Gasteiger partial charge in [-0.15, -0.1) is 6.58 Å². The van der Waals surface area contributed by atoms with Gasteiger partial charge in [0.05, 0.1) is 17.2 Å². The Hall–Kier alpha value is -3.02. The lowest BCUT2D eigenvalue weighted by Crippen LogP contribution is -2.54. The molecule has 5 nitrogen and oxygen atoms in total. The molecule has 0 amide bonds. The van der Waals surface area contributed by atoms with Crippen LogP contribution in [0.3, 0.4) is 0 Å². The third-order valence-corrected chi connectivity index (χ3v) is 6.80. The van der Waals surface area contributed by atoms with Crippen LogP contribution in [0.1, 0.15) is 34.9 Å². The Kier molecular flexibility index (Phi) is 5.30. The van der Waals surface area contributed by atoms with Crippen molar-refractivity contribution in [3.05, 3.63) is 84.6 Å². The minimum absolute atomic E-state index is 0.0797. The summed E-state index contributed by atoms with van der Waals surface area (Å²) in [5.74, 6) is 1.13. The minimum Gasteiger partial charge on any atom is -0.423 e. The number of ether oxygens (including phenoxy) is 1. The number of esters is 1. The number of rotatable bonds is 5. The van der Waals surface area contributed by atoms with Crippen LogP contribution < -0.4 is 4.74 Å². The van der Waals surface area contributed by atoms with Crippen LogP contribution >= 0.6 is 0 Å². The van der Waals surface area contributed by atoms with Gasteiger partial charge >= 0.3 is 5.97 Å². The van der Waals surface area contributed by atoms with Gasteiger partial charge in [-0.2, -0.15) is 0 Å². The number of nitrogens with zero attached hydrogens (tertiary/aromatic N) is 2. The quantitative estimate of drug-likeness (QED) is 0.381. The second-order valence-corrected chi connectivity index (χ2v) is 8.53. The zero-order chi connectivity index (χ0) is 21.4. The van der Waals surface area contributed by atoms with Gasteiger partial charge in [0.25, 0.3) is 0 Å². The number of carbonyl (C=O) groups is 1. The van der Waals surface area contributed by atoms with E-state index in [4.69, 9.17) is 4.74 Å². The van der Waals surface area contributed by atoms with Gasteiger partial charge in [-0.3, -0.25) is 9.88 Å². The second kappa shape index (κ2) is 8.25. The Balaban J connectivity index is 1.43. The van der Waals surface area contributed by atoms with E-state index in [0.29, 0.717) is 23.1 Å². The first-order valence-corrected chi connectivity index (χ1v) is 10.8. The second-order valence-electron chi connectivity index (χ2n) is 8.53. The van der Waals surface area contributed by atoms with Gasteiger partial charge < -0.3 is 9.84 Å². The zero-order valence-corrected chi connectivity index (χ0v) is 17.4. The zero-order valence-electron chi connectivity index (χ0n) is 17.4. The van der Waals surface area contributed by atoms with Crippen molar-refractivity contribution >= 4 is 16.9 Å². The number of piperidine rings is 3. The highest BCUT2D eigenvalue weighted by Crippen LogP contribution is 2.42. The van der Waals surface area contributed by atoms with Crippen molar-refractivity contribution in [2.45, 2.75) is 25.0 Å². The fourth-order valence-corrected chi connectivity index (χ4v) is 5.12. The summed E-state index contributed by atoms with van der Waals surface area (Å²) in [6.45, 7) is 5.96. The number of aliphatic hydroxyl groups excluding tert-OH is 1. The number of aromatic nitrogens is 1. The first-order valence-electron chi connectivity index (χ1n) is 10.8. The molecule has 2 aromatic carbocycles. The van der Waals surface area contributed by atoms with E-state index in [2.05, 4.69) is 22.5 Å². The first-order chi connectivity index (χ1) is 15.1. The number of carbonyl (C=O) groups excluding carboxylic acids is 1. The molecule has 3 aromatic rings. The van der Waals surface area contributed by atoms with Gasteiger partial charge in [0.2, 0.25) is 0 Å². The lowest BCUT2D eigenvalue weighted by atomic mass is 9.73. The molecule has 0 radical (unpaired) electrons. The predicted octanol–water partition coefficient (Wildman–Crippen LogP) is 4.38. The van der Waals surface area contributed by atoms with Crippen LogP contribution in [0.4, 0.5) is 0 Å². The fraction of sp³-hybridized carbons (Fsp3) is 0.308. The highest BCUT2D eigenvalue weighted by molar-refractivity contribution is 5.92. The van der Waals surface area contributed by atoms with E-state index in [1.165, 1.54) is 0 Å². The van der Waals surface area contributed by atoms with Gasteiger partial charge in [0, 0.05) is 24.2 Å². The monoisotopic (exact) mass is 414 g/mol. The van der Waals surface area contributed by atoms with E-state index in [1.54, 1.807) is 36.5 Å². The van der Waals surface area contributed by atoms with Crippen molar-refractivity contribution in [2.75, 3.05) is 13.1 Å². The molecule has 5 atom stereocenters. The molecule has 4 heterocycles. The summed E-state index contributed by atoms with van der Waals surface area (Å²) >= 11 is 0. The maximum absolute atomic E-state index is 12.5. The SMILES string of the molecule is C=C[C@H]1CN2CC[C@H]1C[C@@H]2[C@@H](O)c1ccnc2ccc(OC(=O)c3ccccc3)cc12. The summed E-state index contributed by atoms with van der Waals surface area (Å²) in [6, 6.07) is 16.3. The average molecular weight is 415 g/mol. The average Bonchev–Trinajstić information content (AvgIpc) is 2.83. The van der Waals surface area contributed by atoms with Crippen LogP contribution in [0.25, 0.3) is 10.9 Å². The molecule has 1 unspecified atom stereocenters. The molecule has 31 heavy (non-hydrogen) atoms. The maximum Gasteiger partial charge on any atom is 0.343 e. The van der Waals surface area contributed by atoms with E-state index in [9.17, 15) is 9.90 Å². The molecular formula is C26H26N2O3. The molecule has 158 valence electrons. The van der Waals surface area contributed by atoms with Crippen LogP contribution in [0.2, 0.25) is 0 Å². The van der Waals surface area contributed by atoms with Crippen LogP contribution in [-0.2, 0) is 0 Å². The number of hydrogen-bond acceptors (Lipinski definition) is 5. The summed E-state index contributed by atoms with van der Waals surface area (Å²) < 4.78 is 5.60. The van der Waals surface area contributed by atoms with Crippen molar-refractivity contribution in [3.8, 4) is 5.75 Å².